The first kappa shape index (κ1) is 16.7. The summed E-state index contributed by atoms with van der Waals surface area (Å²) in [7, 11) is -3.86. The van der Waals surface area contributed by atoms with Crippen molar-refractivity contribution >= 4 is 31.6 Å². The van der Waals surface area contributed by atoms with E-state index in [9.17, 15) is 12.8 Å². The third-order valence-corrected chi connectivity index (χ3v) is 6.01. The van der Waals surface area contributed by atoms with E-state index in [-0.39, 0.29) is 21.1 Å². The van der Waals surface area contributed by atoms with E-state index in [4.69, 9.17) is 5.73 Å². The summed E-state index contributed by atoms with van der Waals surface area (Å²) in [5.74, 6) is -0.390. The van der Waals surface area contributed by atoms with Crippen molar-refractivity contribution in [3.8, 4) is 0 Å². The van der Waals surface area contributed by atoms with Gasteiger partial charge in [0, 0.05) is 18.3 Å². The molecular weight excluding hydrogens is 359 g/mol. The lowest BCUT2D eigenvalue weighted by Crippen LogP contribution is -2.35. The molecule has 1 aliphatic rings. The maximum absolute atomic E-state index is 14.2. The lowest BCUT2D eigenvalue weighted by molar-refractivity contribution is 0.371. The number of nitrogens with zero attached hydrogens (tertiary/aromatic N) is 1. The van der Waals surface area contributed by atoms with Crippen molar-refractivity contribution in [3.63, 3.8) is 0 Å². The third kappa shape index (κ3) is 3.76. The van der Waals surface area contributed by atoms with Crippen LogP contribution in [0.15, 0.2) is 21.5 Å². The Morgan fingerprint density at radius 3 is 2.57 bits per heavy atom. The molecule has 1 aliphatic carbocycles. The third-order valence-electron chi connectivity index (χ3n) is 3.48. The quantitative estimate of drug-likeness (QED) is 0.771. The lowest BCUT2D eigenvalue weighted by atomic mass is 10.1. The van der Waals surface area contributed by atoms with Gasteiger partial charge in [-0.25, -0.2) is 12.8 Å². The van der Waals surface area contributed by atoms with Gasteiger partial charge in [0.2, 0.25) is 10.0 Å². The van der Waals surface area contributed by atoms with Gasteiger partial charge in [-0.15, -0.1) is 0 Å². The molecule has 0 amide bonds. The van der Waals surface area contributed by atoms with Crippen molar-refractivity contribution in [1.29, 1.82) is 0 Å². The lowest BCUT2D eigenvalue weighted by Gasteiger charge is -2.23. The summed E-state index contributed by atoms with van der Waals surface area (Å²) in [4.78, 5) is -0.343. The first-order valence-electron chi connectivity index (χ1n) is 7.00. The second-order valence-corrected chi connectivity index (χ2v) is 8.56. The summed E-state index contributed by atoms with van der Waals surface area (Å²) in [6, 6.07) is 2.55. The van der Waals surface area contributed by atoms with Gasteiger partial charge >= 0.3 is 0 Å². The molecule has 0 aromatic heterocycles. The molecular formula is C14H20BrFN2O2S. The molecule has 7 heteroatoms. The zero-order chi connectivity index (χ0) is 15.8. The number of hydrogen-bond donors (Lipinski definition) is 1. The maximum atomic E-state index is 14.2. The number of hydrogen-bond acceptors (Lipinski definition) is 3. The van der Waals surface area contributed by atoms with Crippen LogP contribution >= 0.6 is 15.9 Å². The van der Waals surface area contributed by atoms with Gasteiger partial charge in [0.05, 0.1) is 4.47 Å². The van der Waals surface area contributed by atoms with E-state index in [0.717, 1.165) is 19.3 Å². The number of nitrogens with two attached hydrogens (primary N) is 1. The molecule has 1 saturated carbocycles. The van der Waals surface area contributed by atoms with Crippen LogP contribution in [0.4, 0.5) is 10.1 Å². The van der Waals surface area contributed by atoms with E-state index in [1.807, 2.05) is 13.8 Å². The highest BCUT2D eigenvalue weighted by atomic mass is 79.9. The van der Waals surface area contributed by atoms with Crippen LogP contribution in [0.2, 0.25) is 0 Å². The van der Waals surface area contributed by atoms with Crippen LogP contribution in [0, 0.1) is 11.7 Å². The number of sulfonamides is 1. The number of benzene rings is 1. The van der Waals surface area contributed by atoms with Crippen LogP contribution in [0.1, 0.15) is 33.1 Å². The average molecular weight is 379 g/mol. The Labute approximate surface area is 133 Å². The van der Waals surface area contributed by atoms with Crippen LogP contribution in [0.3, 0.4) is 0 Å². The first-order valence-corrected chi connectivity index (χ1v) is 9.23. The van der Waals surface area contributed by atoms with Crippen LogP contribution in [0.5, 0.6) is 0 Å². The Morgan fingerprint density at radius 1 is 1.43 bits per heavy atom. The number of anilines is 1. The molecule has 1 fully saturated rings. The molecule has 21 heavy (non-hydrogen) atoms. The Morgan fingerprint density at radius 2 is 2.05 bits per heavy atom. The van der Waals surface area contributed by atoms with E-state index in [0.29, 0.717) is 12.5 Å². The highest BCUT2D eigenvalue weighted by molar-refractivity contribution is 9.10. The second kappa shape index (κ2) is 6.22. The topological polar surface area (TPSA) is 63.4 Å². The second-order valence-electron chi connectivity index (χ2n) is 5.84. The molecule has 0 radical (unpaired) electrons. The zero-order valence-corrected chi connectivity index (χ0v) is 14.5. The summed E-state index contributed by atoms with van der Waals surface area (Å²) < 4.78 is 41.2. The van der Waals surface area contributed by atoms with Crippen molar-refractivity contribution in [3.05, 3.63) is 22.4 Å². The molecule has 0 aliphatic heterocycles. The van der Waals surface area contributed by atoms with Crippen molar-refractivity contribution in [2.24, 2.45) is 5.92 Å². The Bertz CT molecular complexity index is 630. The maximum Gasteiger partial charge on any atom is 0.246 e. The number of halogens is 2. The van der Waals surface area contributed by atoms with Gasteiger partial charge in [-0.1, -0.05) is 13.8 Å². The summed E-state index contributed by atoms with van der Waals surface area (Å²) in [5, 5.41) is 0. The zero-order valence-electron chi connectivity index (χ0n) is 12.1. The fourth-order valence-electron chi connectivity index (χ4n) is 2.14. The molecule has 2 N–H and O–H groups in total. The standard InChI is InChI=1S/C14H20BrFN2O2S/c1-9(2)5-6-18(11-3-4-11)21(19,20)13-8-10(17)7-12(15)14(13)16/h7-9,11H,3-6,17H2,1-2H3. The fraction of sp³-hybridized carbons (Fsp3) is 0.571. The monoisotopic (exact) mass is 378 g/mol. The summed E-state index contributed by atoms with van der Waals surface area (Å²) in [5.41, 5.74) is 5.88. The van der Waals surface area contributed by atoms with Gasteiger partial charge in [-0.3, -0.25) is 0 Å². The molecule has 0 saturated heterocycles. The van der Waals surface area contributed by atoms with Gasteiger partial charge in [0.15, 0.2) is 5.82 Å². The number of rotatable bonds is 6. The SMILES string of the molecule is CC(C)CCN(C1CC1)S(=O)(=O)c1cc(N)cc(Br)c1F. The molecule has 0 heterocycles. The average Bonchev–Trinajstić information content (AvgIpc) is 3.17. The van der Waals surface area contributed by atoms with E-state index < -0.39 is 15.8 Å². The summed E-state index contributed by atoms with van der Waals surface area (Å²) in [6.07, 6.45) is 2.42. The predicted molar refractivity (Wildman–Crippen MR) is 84.9 cm³/mol. The summed E-state index contributed by atoms with van der Waals surface area (Å²) >= 11 is 3.02. The minimum absolute atomic E-state index is 0.00615. The molecule has 2 rings (SSSR count). The van der Waals surface area contributed by atoms with Crippen molar-refractivity contribution in [2.45, 2.75) is 44.0 Å². The molecule has 0 unspecified atom stereocenters. The number of nitrogen functional groups attached to an aromatic ring is 1. The largest absolute Gasteiger partial charge is 0.399 e. The highest BCUT2D eigenvalue weighted by Crippen LogP contribution is 2.35. The van der Waals surface area contributed by atoms with Gasteiger partial charge < -0.3 is 5.73 Å². The van der Waals surface area contributed by atoms with Crippen LogP contribution in [-0.2, 0) is 10.0 Å². The predicted octanol–water partition coefficient (Wildman–Crippen LogP) is 3.37. The molecule has 0 spiro atoms. The minimum atomic E-state index is -3.86. The Balaban J connectivity index is 2.39. The van der Waals surface area contributed by atoms with E-state index in [2.05, 4.69) is 15.9 Å². The molecule has 0 atom stereocenters. The van der Waals surface area contributed by atoms with Gasteiger partial charge in [0.25, 0.3) is 0 Å². The molecule has 0 bridgehead atoms. The molecule has 1 aromatic carbocycles. The van der Waals surface area contributed by atoms with Gasteiger partial charge in [0.1, 0.15) is 4.90 Å². The van der Waals surface area contributed by atoms with Crippen molar-refractivity contribution < 1.29 is 12.8 Å². The Kier molecular flexibility index (Phi) is 4.95. The highest BCUT2D eigenvalue weighted by Gasteiger charge is 2.39. The normalized spacial score (nSPS) is 15.9. The summed E-state index contributed by atoms with van der Waals surface area (Å²) in [6.45, 7) is 4.49. The van der Waals surface area contributed by atoms with Crippen LogP contribution < -0.4 is 5.73 Å². The molecule has 118 valence electrons. The Hall–Kier alpha value is -0.660. The minimum Gasteiger partial charge on any atom is -0.399 e. The molecule has 4 nitrogen and oxygen atoms in total. The van der Waals surface area contributed by atoms with Gasteiger partial charge in [-0.05, 0) is 53.2 Å². The van der Waals surface area contributed by atoms with E-state index in [1.54, 1.807) is 0 Å². The van der Waals surface area contributed by atoms with Crippen LogP contribution in [0.25, 0.3) is 0 Å². The van der Waals surface area contributed by atoms with E-state index >= 15 is 0 Å². The van der Waals surface area contributed by atoms with Gasteiger partial charge in [-0.2, -0.15) is 4.31 Å². The van der Waals surface area contributed by atoms with E-state index in [1.165, 1.54) is 16.4 Å². The van der Waals surface area contributed by atoms with Crippen molar-refractivity contribution in [1.82, 2.24) is 4.31 Å². The smallest absolute Gasteiger partial charge is 0.246 e. The van der Waals surface area contributed by atoms with Crippen molar-refractivity contribution in [2.75, 3.05) is 12.3 Å². The molecule has 1 aromatic rings. The fourth-order valence-corrected chi connectivity index (χ4v) is 4.58. The first-order chi connectivity index (χ1) is 9.73. The van der Waals surface area contributed by atoms with Crippen LogP contribution in [-0.4, -0.2) is 25.3 Å².